The number of carbonyl (C=O) groups excluding carboxylic acids is 1. The molecule has 5 heteroatoms. The van der Waals surface area contributed by atoms with Gasteiger partial charge in [0.15, 0.2) is 0 Å². The Bertz CT molecular complexity index is 665. The number of hydrogen-bond acceptors (Lipinski definition) is 3. The van der Waals surface area contributed by atoms with E-state index in [-0.39, 0.29) is 5.91 Å². The third-order valence-corrected chi connectivity index (χ3v) is 4.18. The van der Waals surface area contributed by atoms with Crippen LogP contribution >= 0.6 is 0 Å². The van der Waals surface area contributed by atoms with E-state index in [2.05, 4.69) is 16.4 Å². The molecule has 1 unspecified atom stereocenters. The summed E-state index contributed by atoms with van der Waals surface area (Å²) >= 11 is 0. The van der Waals surface area contributed by atoms with Crippen molar-refractivity contribution in [1.82, 2.24) is 14.9 Å². The van der Waals surface area contributed by atoms with Crippen LogP contribution in [0, 0.1) is 0 Å². The summed E-state index contributed by atoms with van der Waals surface area (Å²) in [6, 6.07) is 7.97. The number of amides is 1. The molecule has 0 spiro atoms. The normalized spacial score (nSPS) is 20.9. The Labute approximate surface area is 123 Å². The molecule has 0 radical (unpaired) electrons. The van der Waals surface area contributed by atoms with Crippen molar-refractivity contribution in [3.8, 4) is 0 Å². The predicted octanol–water partition coefficient (Wildman–Crippen LogP) is 0.956. The van der Waals surface area contributed by atoms with E-state index in [0.29, 0.717) is 19.4 Å². The van der Waals surface area contributed by atoms with E-state index in [0.717, 1.165) is 17.7 Å². The second-order valence-electron chi connectivity index (χ2n) is 5.66. The van der Waals surface area contributed by atoms with E-state index in [4.69, 9.17) is 0 Å². The van der Waals surface area contributed by atoms with Crippen molar-refractivity contribution in [2.45, 2.75) is 31.4 Å². The van der Waals surface area contributed by atoms with Gasteiger partial charge in [-0.05, 0) is 24.0 Å². The van der Waals surface area contributed by atoms with Gasteiger partial charge in [0.2, 0.25) is 0 Å². The molecular weight excluding hydrogens is 266 g/mol. The van der Waals surface area contributed by atoms with Crippen LogP contribution in [-0.2, 0) is 31.2 Å². The first-order valence-corrected chi connectivity index (χ1v) is 7.11. The summed E-state index contributed by atoms with van der Waals surface area (Å²) in [7, 11) is 1.88. The SMILES string of the molecule is Cn1cncc1CNC(=O)C1(O)CCc2ccccc2C1. The third kappa shape index (κ3) is 2.69. The highest BCUT2D eigenvalue weighted by atomic mass is 16.3. The van der Waals surface area contributed by atoms with E-state index < -0.39 is 5.60 Å². The van der Waals surface area contributed by atoms with Crippen molar-refractivity contribution >= 4 is 5.91 Å². The second-order valence-corrected chi connectivity index (χ2v) is 5.66. The molecule has 0 saturated heterocycles. The lowest BCUT2D eigenvalue weighted by Gasteiger charge is -2.32. The molecule has 1 aromatic carbocycles. The maximum absolute atomic E-state index is 12.3. The topological polar surface area (TPSA) is 67.2 Å². The first-order valence-electron chi connectivity index (χ1n) is 7.11. The molecule has 5 nitrogen and oxygen atoms in total. The van der Waals surface area contributed by atoms with Crippen molar-refractivity contribution in [3.05, 3.63) is 53.6 Å². The van der Waals surface area contributed by atoms with Gasteiger partial charge < -0.3 is 15.0 Å². The lowest BCUT2D eigenvalue weighted by Crippen LogP contribution is -2.50. The molecule has 1 aromatic heterocycles. The van der Waals surface area contributed by atoms with E-state index in [9.17, 15) is 9.90 Å². The van der Waals surface area contributed by atoms with Crippen molar-refractivity contribution in [3.63, 3.8) is 0 Å². The summed E-state index contributed by atoms with van der Waals surface area (Å²) in [5, 5.41) is 13.5. The summed E-state index contributed by atoms with van der Waals surface area (Å²) in [5.74, 6) is -0.307. The first kappa shape index (κ1) is 13.8. The van der Waals surface area contributed by atoms with Crippen molar-refractivity contribution in [2.75, 3.05) is 0 Å². The minimum Gasteiger partial charge on any atom is -0.380 e. The molecule has 1 aliphatic rings. The molecule has 1 aliphatic carbocycles. The highest BCUT2D eigenvalue weighted by molar-refractivity contribution is 5.85. The number of aromatic nitrogens is 2. The van der Waals surface area contributed by atoms with Gasteiger partial charge in [0.25, 0.3) is 5.91 Å². The van der Waals surface area contributed by atoms with Crippen LogP contribution in [0.4, 0.5) is 0 Å². The molecule has 1 heterocycles. The van der Waals surface area contributed by atoms with Crippen molar-refractivity contribution in [1.29, 1.82) is 0 Å². The number of benzene rings is 1. The quantitative estimate of drug-likeness (QED) is 0.882. The minimum absolute atomic E-state index is 0.307. The van der Waals surface area contributed by atoms with Crippen LogP contribution in [0.2, 0.25) is 0 Å². The monoisotopic (exact) mass is 285 g/mol. The van der Waals surface area contributed by atoms with E-state index >= 15 is 0 Å². The number of carbonyl (C=O) groups is 1. The van der Waals surface area contributed by atoms with Gasteiger partial charge in [0.05, 0.1) is 18.6 Å². The van der Waals surface area contributed by atoms with Crippen molar-refractivity contribution < 1.29 is 9.90 Å². The lowest BCUT2D eigenvalue weighted by molar-refractivity contribution is -0.141. The third-order valence-electron chi connectivity index (χ3n) is 4.18. The molecule has 110 valence electrons. The fourth-order valence-corrected chi connectivity index (χ4v) is 2.80. The standard InChI is InChI=1S/C16H19N3O2/c1-19-11-17-9-14(19)10-18-15(20)16(21)7-6-12-4-2-3-5-13(12)8-16/h2-5,9,11,21H,6-8,10H2,1H3,(H,18,20). The number of imidazole rings is 1. The number of nitrogens with zero attached hydrogens (tertiary/aromatic N) is 2. The van der Waals surface area contributed by atoms with Crippen LogP contribution in [0.25, 0.3) is 0 Å². The van der Waals surface area contributed by atoms with Crippen LogP contribution in [-0.4, -0.2) is 26.2 Å². The van der Waals surface area contributed by atoms with E-state index in [1.54, 1.807) is 12.5 Å². The summed E-state index contributed by atoms with van der Waals surface area (Å²) in [4.78, 5) is 16.4. The lowest BCUT2D eigenvalue weighted by atomic mass is 9.80. The molecule has 0 fully saturated rings. The average Bonchev–Trinajstić information content (AvgIpc) is 2.90. The maximum Gasteiger partial charge on any atom is 0.252 e. The Morgan fingerprint density at radius 3 is 2.90 bits per heavy atom. The van der Waals surface area contributed by atoms with Gasteiger partial charge in [0.1, 0.15) is 5.60 Å². The number of nitrogens with one attached hydrogen (secondary N) is 1. The largest absolute Gasteiger partial charge is 0.380 e. The molecular formula is C16H19N3O2. The number of rotatable bonds is 3. The Hall–Kier alpha value is -2.14. The predicted molar refractivity (Wildman–Crippen MR) is 78.5 cm³/mol. The Balaban J connectivity index is 1.69. The summed E-state index contributed by atoms with van der Waals surface area (Å²) in [6.07, 6.45) is 4.96. The summed E-state index contributed by atoms with van der Waals surface area (Å²) < 4.78 is 1.85. The Morgan fingerprint density at radius 1 is 1.43 bits per heavy atom. The molecule has 1 atom stereocenters. The van der Waals surface area contributed by atoms with Gasteiger partial charge in [0, 0.05) is 19.7 Å². The number of aryl methyl sites for hydroxylation is 2. The van der Waals surface area contributed by atoms with Crippen LogP contribution in [0.1, 0.15) is 23.2 Å². The van der Waals surface area contributed by atoms with Gasteiger partial charge in [-0.2, -0.15) is 0 Å². The van der Waals surface area contributed by atoms with Gasteiger partial charge in [-0.3, -0.25) is 4.79 Å². The minimum atomic E-state index is -1.31. The van der Waals surface area contributed by atoms with Gasteiger partial charge in [-0.25, -0.2) is 4.98 Å². The van der Waals surface area contributed by atoms with E-state index in [1.807, 2.05) is 29.8 Å². The summed E-state index contributed by atoms with van der Waals surface area (Å²) in [6.45, 7) is 0.374. The highest BCUT2D eigenvalue weighted by Gasteiger charge is 2.38. The van der Waals surface area contributed by atoms with E-state index in [1.165, 1.54) is 5.56 Å². The summed E-state index contributed by atoms with van der Waals surface area (Å²) in [5.41, 5.74) is 1.87. The smallest absolute Gasteiger partial charge is 0.252 e. The second kappa shape index (κ2) is 5.33. The molecule has 3 rings (SSSR count). The molecule has 2 N–H and O–H groups in total. The molecule has 0 aliphatic heterocycles. The van der Waals surface area contributed by atoms with Crippen LogP contribution in [0.15, 0.2) is 36.8 Å². The van der Waals surface area contributed by atoms with Gasteiger partial charge in [-0.15, -0.1) is 0 Å². The van der Waals surface area contributed by atoms with Crippen LogP contribution in [0.5, 0.6) is 0 Å². The molecule has 0 bridgehead atoms. The van der Waals surface area contributed by atoms with Crippen LogP contribution in [0.3, 0.4) is 0 Å². The zero-order valence-electron chi connectivity index (χ0n) is 12.0. The fourth-order valence-electron chi connectivity index (χ4n) is 2.80. The number of aliphatic hydroxyl groups is 1. The van der Waals surface area contributed by atoms with Gasteiger partial charge in [-0.1, -0.05) is 24.3 Å². The molecule has 2 aromatic rings. The average molecular weight is 285 g/mol. The molecule has 1 amide bonds. The maximum atomic E-state index is 12.3. The first-order chi connectivity index (χ1) is 10.1. The zero-order valence-corrected chi connectivity index (χ0v) is 12.0. The van der Waals surface area contributed by atoms with Crippen molar-refractivity contribution in [2.24, 2.45) is 7.05 Å². The number of hydrogen-bond donors (Lipinski definition) is 2. The molecule has 21 heavy (non-hydrogen) atoms. The Kier molecular flexibility index (Phi) is 3.51. The Morgan fingerprint density at radius 2 is 2.19 bits per heavy atom. The van der Waals surface area contributed by atoms with Crippen LogP contribution < -0.4 is 5.32 Å². The molecule has 0 saturated carbocycles. The zero-order chi connectivity index (χ0) is 14.9. The number of fused-ring (bicyclic) bond motifs is 1. The highest BCUT2D eigenvalue weighted by Crippen LogP contribution is 2.28. The van der Waals surface area contributed by atoms with Gasteiger partial charge >= 0.3 is 0 Å². The fraction of sp³-hybridized carbons (Fsp3) is 0.375.